The Morgan fingerprint density at radius 2 is 1.83 bits per heavy atom. The molecule has 2 atom stereocenters. The molecule has 10 rings (SSSR count). The van der Waals surface area contributed by atoms with Crippen LogP contribution in [-0.4, -0.2) is 104 Å². The Morgan fingerprint density at radius 1 is 1.03 bits per heavy atom. The van der Waals surface area contributed by atoms with E-state index in [4.69, 9.17) is 9.47 Å². The molecule has 5 aromatic rings. The number of benzene rings is 3. The number of carbonyl (C=O) groups is 1. The molecule has 3 aromatic carbocycles. The summed E-state index contributed by atoms with van der Waals surface area (Å²) in [6.07, 6.45) is 10.7. The molecular weight excluding hydrogens is 833 g/mol. The van der Waals surface area contributed by atoms with E-state index >= 15 is 0 Å². The molecule has 64 heavy (non-hydrogen) atoms. The van der Waals surface area contributed by atoms with Crippen LogP contribution in [0, 0.1) is 15.5 Å². The first-order valence-electron chi connectivity index (χ1n) is 22.7. The number of anilines is 2. The Hall–Kier alpha value is -5.55. The van der Waals surface area contributed by atoms with Crippen molar-refractivity contribution in [3.63, 3.8) is 0 Å². The monoisotopic (exact) mass is 888 g/mol. The standard InChI is InChI=1S/C48H56N8O7S/c1-31(2)39-6-3-4-7-40(39)42-8-5-15-55(42)36-27-48(28-36)12-16-54(17-13-48)35-9-10-41(44(25-35)63-37-23-32-11-14-49-46(32)50-29-37)47(57)52-64(60,61)38-24-33-22-34(30-53-18-20-62-21-19-53)51-45(33)43(26-38)56(58)59/h3-4,6-7,9-11,14,23-26,29,31,34,36,42,51H,5,8,12-13,15-22,27-28,30H2,1-2H3,(H,49,50)(H,52,57)/t34?,42-/m0/s1. The van der Waals surface area contributed by atoms with Crippen LogP contribution in [0.1, 0.15) is 91.4 Å². The highest BCUT2D eigenvalue weighted by molar-refractivity contribution is 7.90. The molecule has 1 saturated carbocycles. The third kappa shape index (κ3) is 8.32. The summed E-state index contributed by atoms with van der Waals surface area (Å²) >= 11 is 0. The van der Waals surface area contributed by atoms with Crippen LogP contribution in [0.15, 0.2) is 84.0 Å². The number of fused-ring (bicyclic) bond motifs is 2. The lowest BCUT2D eigenvalue weighted by molar-refractivity contribution is -0.384. The van der Waals surface area contributed by atoms with Crippen molar-refractivity contribution >= 4 is 44.0 Å². The molecule has 1 unspecified atom stereocenters. The van der Waals surface area contributed by atoms with Gasteiger partial charge in [0.2, 0.25) is 0 Å². The number of morpholine rings is 1. The van der Waals surface area contributed by atoms with Crippen LogP contribution >= 0.6 is 0 Å². The number of nitrogens with zero attached hydrogens (tertiary/aromatic N) is 5. The maximum absolute atomic E-state index is 14.1. The van der Waals surface area contributed by atoms with Crippen LogP contribution < -0.4 is 19.7 Å². The largest absolute Gasteiger partial charge is 0.455 e. The second-order valence-corrected chi connectivity index (χ2v) is 20.4. The summed E-state index contributed by atoms with van der Waals surface area (Å²) in [6, 6.07) is 21.3. The van der Waals surface area contributed by atoms with Crippen LogP contribution in [0.5, 0.6) is 11.5 Å². The number of nitro groups is 1. The van der Waals surface area contributed by atoms with E-state index in [-0.39, 0.29) is 27.9 Å². The number of H-pyrrole nitrogens is 1. The van der Waals surface area contributed by atoms with Gasteiger partial charge in [0.05, 0.1) is 34.8 Å². The normalized spacial score (nSPS) is 21.5. The molecule has 4 aliphatic heterocycles. The van der Waals surface area contributed by atoms with E-state index in [1.807, 2.05) is 12.1 Å². The van der Waals surface area contributed by atoms with Crippen molar-refractivity contribution in [3.05, 3.63) is 111 Å². The Labute approximate surface area is 373 Å². The maximum Gasteiger partial charge on any atom is 0.293 e. The number of hydrogen-bond donors (Lipinski definition) is 3. The lowest BCUT2D eigenvalue weighted by atomic mass is 9.59. The minimum Gasteiger partial charge on any atom is -0.455 e. The van der Waals surface area contributed by atoms with Gasteiger partial charge in [0.15, 0.2) is 0 Å². The summed E-state index contributed by atoms with van der Waals surface area (Å²) in [5.74, 6) is 0.126. The molecule has 15 nitrogen and oxygen atoms in total. The van der Waals surface area contributed by atoms with Gasteiger partial charge in [0.1, 0.15) is 22.8 Å². The quantitative estimate of drug-likeness (QED) is 0.0822. The predicted molar refractivity (Wildman–Crippen MR) is 245 cm³/mol. The first-order valence-corrected chi connectivity index (χ1v) is 24.2. The third-order valence-electron chi connectivity index (χ3n) is 14.4. The first kappa shape index (κ1) is 42.4. The smallest absolute Gasteiger partial charge is 0.293 e. The Kier molecular flexibility index (Phi) is 11.3. The highest BCUT2D eigenvalue weighted by atomic mass is 32.2. The van der Waals surface area contributed by atoms with Crippen LogP contribution in [0.25, 0.3) is 11.0 Å². The van der Waals surface area contributed by atoms with Gasteiger partial charge in [0, 0.05) is 80.3 Å². The van der Waals surface area contributed by atoms with Crippen molar-refractivity contribution in [2.75, 3.05) is 62.7 Å². The SMILES string of the molecule is CC(C)c1ccccc1[C@@H]1CCCN1C1CC2(CCN(c3ccc(C(=O)NS(=O)(=O)c4cc5c(c([N+](=O)[O-])c4)NC(CN4CCOCC4)C5)c(Oc4cnc5[nH]ccc5c4)c3)CC2)C1. The Balaban J connectivity index is 0.855. The molecule has 0 radical (unpaired) electrons. The zero-order chi connectivity index (χ0) is 44.2. The number of nitrogens with one attached hydrogen (secondary N) is 3. The molecule has 3 saturated heterocycles. The molecule has 4 fully saturated rings. The molecule has 1 aliphatic carbocycles. The number of rotatable bonds is 12. The molecule has 0 bridgehead atoms. The second kappa shape index (κ2) is 17.1. The minimum atomic E-state index is -4.56. The van der Waals surface area contributed by atoms with Gasteiger partial charge in [-0.25, -0.2) is 18.1 Å². The second-order valence-electron chi connectivity index (χ2n) is 18.7. The third-order valence-corrected chi connectivity index (χ3v) is 15.7. The van der Waals surface area contributed by atoms with Gasteiger partial charge in [-0.2, -0.15) is 0 Å². The van der Waals surface area contributed by atoms with Gasteiger partial charge in [-0.05, 0) is 110 Å². The van der Waals surface area contributed by atoms with E-state index in [0.717, 1.165) is 62.7 Å². The number of likely N-dealkylation sites (tertiary alicyclic amines) is 1. The fraction of sp³-hybridized carbons (Fsp3) is 0.458. The molecular formula is C48H56N8O7S. The van der Waals surface area contributed by atoms with Crippen LogP contribution in [0.4, 0.5) is 17.1 Å². The summed E-state index contributed by atoms with van der Waals surface area (Å²) in [6.45, 7) is 10.8. The molecule has 1 spiro atoms. The molecule has 16 heteroatoms. The van der Waals surface area contributed by atoms with Gasteiger partial charge in [0.25, 0.3) is 21.6 Å². The average molecular weight is 889 g/mol. The minimum absolute atomic E-state index is 0.00101. The van der Waals surface area contributed by atoms with E-state index in [0.29, 0.717) is 72.2 Å². The number of carbonyl (C=O) groups excluding carboxylic acids is 1. The zero-order valence-corrected chi connectivity index (χ0v) is 37.2. The summed E-state index contributed by atoms with van der Waals surface area (Å²) in [5, 5.41) is 16.3. The molecule has 336 valence electrons. The van der Waals surface area contributed by atoms with Gasteiger partial charge in [-0.15, -0.1) is 0 Å². The maximum atomic E-state index is 14.1. The summed E-state index contributed by atoms with van der Waals surface area (Å²) in [4.78, 5) is 40.3. The number of piperidine rings is 1. The number of aromatic amines is 1. The van der Waals surface area contributed by atoms with E-state index in [2.05, 4.69) is 72.8 Å². The highest BCUT2D eigenvalue weighted by Gasteiger charge is 2.50. The van der Waals surface area contributed by atoms with E-state index in [1.165, 1.54) is 42.9 Å². The number of hydrogen-bond acceptors (Lipinski definition) is 12. The molecule has 1 amide bonds. The van der Waals surface area contributed by atoms with Crippen LogP contribution in [0.2, 0.25) is 0 Å². The van der Waals surface area contributed by atoms with Crippen molar-refractivity contribution < 1.29 is 27.6 Å². The lowest BCUT2D eigenvalue weighted by Gasteiger charge is -2.56. The molecule has 2 aromatic heterocycles. The average Bonchev–Trinajstić information content (AvgIpc) is 4.05. The number of nitro benzene ring substituents is 1. The fourth-order valence-corrected chi connectivity index (χ4v) is 12.1. The van der Waals surface area contributed by atoms with Gasteiger partial charge >= 0.3 is 0 Å². The van der Waals surface area contributed by atoms with E-state index in [9.17, 15) is 23.3 Å². The lowest BCUT2D eigenvalue weighted by Crippen LogP contribution is -2.54. The molecule has 6 heterocycles. The van der Waals surface area contributed by atoms with Gasteiger partial charge in [-0.3, -0.25) is 24.7 Å². The molecule has 3 N–H and O–H groups in total. The number of ether oxygens (including phenoxy) is 2. The van der Waals surface area contributed by atoms with Gasteiger partial charge in [-0.1, -0.05) is 38.1 Å². The van der Waals surface area contributed by atoms with Crippen LogP contribution in [-0.2, 0) is 21.2 Å². The van der Waals surface area contributed by atoms with Crippen molar-refractivity contribution in [1.29, 1.82) is 0 Å². The zero-order valence-electron chi connectivity index (χ0n) is 36.4. The highest BCUT2D eigenvalue weighted by Crippen LogP contribution is 2.54. The number of aromatic nitrogens is 2. The number of amides is 1. The summed E-state index contributed by atoms with van der Waals surface area (Å²) in [5.41, 5.74) is 5.28. The van der Waals surface area contributed by atoms with E-state index < -0.39 is 20.9 Å². The summed E-state index contributed by atoms with van der Waals surface area (Å²) < 4.78 is 42.0. The predicted octanol–water partition coefficient (Wildman–Crippen LogP) is 7.76. The topological polar surface area (TPSA) is 175 Å². The van der Waals surface area contributed by atoms with Gasteiger partial charge < -0.3 is 24.7 Å². The van der Waals surface area contributed by atoms with Crippen molar-refractivity contribution in [2.45, 2.75) is 87.7 Å². The number of pyridine rings is 1. The molecule has 5 aliphatic rings. The van der Waals surface area contributed by atoms with E-state index in [1.54, 1.807) is 30.6 Å². The summed E-state index contributed by atoms with van der Waals surface area (Å²) in [7, 11) is -4.56. The Bertz CT molecular complexity index is 2680. The van der Waals surface area contributed by atoms with Crippen molar-refractivity contribution in [3.8, 4) is 11.5 Å². The fourth-order valence-electron chi connectivity index (χ4n) is 11.1. The first-order chi connectivity index (χ1) is 30.9. The van der Waals surface area contributed by atoms with Crippen molar-refractivity contribution in [2.24, 2.45) is 5.41 Å². The van der Waals surface area contributed by atoms with Crippen LogP contribution in [0.3, 0.4) is 0 Å². The van der Waals surface area contributed by atoms with Crippen molar-refractivity contribution in [1.82, 2.24) is 24.5 Å². The number of sulfonamides is 1. The Morgan fingerprint density at radius 3 is 2.61 bits per heavy atom.